The first-order valence-corrected chi connectivity index (χ1v) is 14.8. The van der Waals surface area contributed by atoms with E-state index in [1.807, 2.05) is 79.3 Å². The second kappa shape index (κ2) is 13.2. The second-order valence-electron chi connectivity index (χ2n) is 11.5. The van der Waals surface area contributed by atoms with Crippen molar-refractivity contribution in [1.29, 1.82) is 0 Å². The number of aromatic nitrogens is 1. The van der Waals surface area contributed by atoms with E-state index in [-0.39, 0.29) is 48.9 Å². The molecule has 0 spiro atoms. The Hall–Kier alpha value is -4.83. The summed E-state index contributed by atoms with van der Waals surface area (Å²) in [6, 6.07) is 21.4. The van der Waals surface area contributed by atoms with E-state index in [0.29, 0.717) is 23.7 Å². The van der Waals surface area contributed by atoms with Crippen molar-refractivity contribution < 1.29 is 24.2 Å². The number of aliphatic hydroxyl groups excluding tert-OH is 1. The van der Waals surface area contributed by atoms with Crippen LogP contribution in [0.3, 0.4) is 0 Å². The number of hydrogen-bond donors (Lipinski definition) is 3. The molecule has 0 aliphatic carbocycles. The highest BCUT2D eigenvalue weighted by atomic mass is 16.5. The molecule has 1 aliphatic rings. The van der Waals surface area contributed by atoms with Crippen LogP contribution < -0.4 is 15.4 Å². The summed E-state index contributed by atoms with van der Waals surface area (Å²) in [4.78, 5) is 43.0. The summed E-state index contributed by atoms with van der Waals surface area (Å²) in [5, 5.41) is 16.8. The van der Waals surface area contributed by atoms with Gasteiger partial charge in [0, 0.05) is 55.0 Å². The maximum absolute atomic E-state index is 13.8. The largest absolute Gasteiger partial charge is 0.487 e. The summed E-state index contributed by atoms with van der Waals surface area (Å²) in [6.45, 7) is 4.12. The molecule has 10 nitrogen and oxygen atoms in total. The van der Waals surface area contributed by atoms with Gasteiger partial charge in [0.1, 0.15) is 11.9 Å². The van der Waals surface area contributed by atoms with Crippen LogP contribution in [0.2, 0.25) is 0 Å². The fraction of sp³-hybridized carbons (Fsp3) is 0.324. The van der Waals surface area contributed by atoms with E-state index in [4.69, 9.17) is 4.74 Å². The number of anilines is 2. The van der Waals surface area contributed by atoms with Gasteiger partial charge in [-0.1, -0.05) is 43.3 Å². The lowest BCUT2D eigenvalue weighted by atomic mass is 9.99. The Morgan fingerprint density at radius 2 is 1.77 bits per heavy atom. The number of aliphatic hydroxyl groups is 1. The fourth-order valence-electron chi connectivity index (χ4n) is 5.56. The number of urea groups is 1. The topological polar surface area (TPSA) is 116 Å². The first kappa shape index (κ1) is 30.6. The van der Waals surface area contributed by atoms with Gasteiger partial charge < -0.3 is 34.8 Å². The van der Waals surface area contributed by atoms with Crippen molar-refractivity contribution in [3.63, 3.8) is 0 Å². The first-order valence-electron chi connectivity index (χ1n) is 14.8. The van der Waals surface area contributed by atoms with Crippen molar-refractivity contribution in [2.24, 2.45) is 13.0 Å². The Bertz CT molecular complexity index is 1650. The van der Waals surface area contributed by atoms with E-state index in [1.54, 1.807) is 42.0 Å². The molecular formula is C34H39N5O5. The summed E-state index contributed by atoms with van der Waals surface area (Å²) in [7, 11) is 3.65. The van der Waals surface area contributed by atoms with Crippen LogP contribution in [-0.2, 0) is 18.3 Å². The van der Waals surface area contributed by atoms with Gasteiger partial charge in [-0.05, 0) is 48.9 Å². The van der Waals surface area contributed by atoms with Gasteiger partial charge in [-0.25, -0.2) is 4.79 Å². The van der Waals surface area contributed by atoms with Gasteiger partial charge in [0.2, 0.25) is 5.91 Å². The second-order valence-corrected chi connectivity index (χ2v) is 11.5. The lowest BCUT2D eigenvalue weighted by molar-refractivity contribution is -0.115. The van der Waals surface area contributed by atoms with E-state index in [2.05, 4.69) is 10.6 Å². The van der Waals surface area contributed by atoms with Crippen LogP contribution >= 0.6 is 0 Å². The van der Waals surface area contributed by atoms with Crippen molar-refractivity contribution in [3.8, 4) is 5.75 Å². The number of ether oxygens (including phenoxy) is 1. The van der Waals surface area contributed by atoms with E-state index >= 15 is 0 Å². The number of amides is 4. The molecule has 1 aromatic heterocycles. The molecule has 230 valence electrons. The number of carbonyl (C=O) groups excluding carboxylic acids is 3. The van der Waals surface area contributed by atoms with Crippen LogP contribution in [-0.4, -0.2) is 76.2 Å². The van der Waals surface area contributed by atoms with E-state index < -0.39 is 12.1 Å². The molecule has 44 heavy (non-hydrogen) atoms. The number of aryl methyl sites for hydroxylation is 1. The third kappa shape index (κ3) is 6.70. The summed E-state index contributed by atoms with van der Waals surface area (Å²) >= 11 is 0. The third-order valence-corrected chi connectivity index (χ3v) is 8.10. The maximum atomic E-state index is 13.8. The summed E-state index contributed by atoms with van der Waals surface area (Å²) in [5.74, 6) is -0.315. The minimum absolute atomic E-state index is 0.159. The Kier molecular flexibility index (Phi) is 9.20. The molecule has 1 aliphatic heterocycles. The van der Waals surface area contributed by atoms with Crippen molar-refractivity contribution in [2.75, 3.05) is 37.4 Å². The number of carbonyl (C=O) groups is 3. The SMILES string of the molecule is C[C@@H]1CN([C@@H](C)CO)C(=O)c2cc(NC(=O)Cc3cn(C)c4ccccc34)ccc2O[C@@H]1CN(C)C(=O)Nc1ccccc1. The predicted molar refractivity (Wildman–Crippen MR) is 171 cm³/mol. The average Bonchev–Trinajstić information content (AvgIpc) is 3.33. The van der Waals surface area contributed by atoms with Crippen molar-refractivity contribution in [3.05, 3.63) is 90.1 Å². The molecular weight excluding hydrogens is 558 g/mol. The van der Waals surface area contributed by atoms with Gasteiger partial charge in [0.05, 0.1) is 31.2 Å². The predicted octanol–water partition coefficient (Wildman–Crippen LogP) is 4.74. The summed E-state index contributed by atoms with van der Waals surface area (Å²) in [5.41, 5.74) is 3.38. The van der Waals surface area contributed by atoms with Crippen LogP contribution in [0.25, 0.3) is 10.9 Å². The molecule has 2 heterocycles. The lowest BCUT2D eigenvalue weighted by Crippen LogP contribution is -2.50. The van der Waals surface area contributed by atoms with Crippen molar-refractivity contribution in [1.82, 2.24) is 14.4 Å². The molecule has 4 aromatic rings. The summed E-state index contributed by atoms with van der Waals surface area (Å²) < 4.78 is 8.41. The lowest BCUT2D eigenvalue weighted by Gasteiger charge is -2.38. The molecule has 0 saturated carbocycles. The maximum Gasteiger partial charge on any atom is 0.321 e. The van der Waals surface area contributed by atoms with Crippen LogP contribution in [0, 0.1) is 5.92 Å². The summed E-state index contributed by atoms with van der Waals surface area (Å²) in [6.07, 6.45) is 1.68. The van der Waals surface area contributed by atoms with Crippen LogP contribution in [0.1, 0.15) is 29.8 Å². The Morgan fingerprint density at radius 1 is 1.05 bits per heavy atom. The van der Waals surface area contributed by atoms with Gasteiger partial charge in [0.25, 0.3) is 5.91 Å². The van der Waals surface area contributed by atoms with E-state index in [9.17, 15) is 19.5 Å². The smallest absolute Gasteiger partial charge is 0.321 e. The molecule has 0 unspecified atom stereocenters. The van der Waals surface area contributed by atoms with Gasteiger partial charge in [-0.15, -0.1) is 0 Å². The zero-order chi connectivity index (χ0) is 31.4. The van der Waals surface area contributed by atoms with Gasteiger partial charge in [0.15, 0.2) is 0 Å². The average molecular weight is 598 g/mol. The van der Waals surface area contributed by atoms with Gasteiger partial charge in [-0.2, -0.15) is 0 Å². The van der Waals surface area contributed by atoms with E-state index in [0.717, 1.165) is 16.5 Å². The minimum Gasteiger partial charge on any atom is -0.487 e. The Labute approximate surface area is 257 Å². The number of hydrogen-bond acceptors (Lipinski definition) is 5. The van der Waals surface area contributed by atoms with Crippen molar-refractivity contribution in [2.45, 2.75) is 32.4 Å². The van der Waals surface area contributed by atoms with Crippen molar-refractivity contribution >= 4 is 40.1 Å². The molecule has 5 rings (SSSR count). The molecule has 3 N–H and O–H groups in total. The number of fused-ring (bicyclic) bond motifs is 2. The first-order chi connectivity index (χ1) is 21.1. The zero-order valence-electron chi connectivity index (χ0n) is 25.5. The van der Waals surface area contributed by atoms with Gasteiger partial charge in [-0.3, -0.25) is 9.59 Å². The fourth-order valence-corrected chi connectivity index (χ4v) is 5.56. The number of rotatable bonds is 8. The van der Waals surface area contributed by atoms with Crippen LogP contribution in [0.4, 0.5) is 16.2 Å². The Balaban J connectivity index is 1.36. The minimum atomic E-state index is -0.450. The number of nitrogens with zero attached hydrogens (tertiary/aromatic N) is 3. The standard InChI is InChI=1S/C34H39N5O5/c1-22-18-39(23(2)21-40)33(42)28-17-26(35-32(41)16-24-19-37(3)29-13-9-8-12-27(24)29)14-15-30(28)44-31(22)20-38(4)34(43)36-25-10-6-5-7-11-25/h5-15,17,19,22-23,31,40H,16,18,20-21H2,1-4H3,(H,35,41)(H,36,43)/t22-,23+,31-/m1/s1. The highest BCUT2D eigenvalue weighted by Gasteiger charge is 2.34. The van der Waals surface area contributed by atoms with Crippen LogP contribution in [0.15, 0.2) is 79.0 Å². The molecule has 0 radical (unpaired) electrons. The number of benzene rings is 3. The molecule has 0 bridgehead atoms. The highest BCUT2D eigenvalue weighted by Crippen LogP contribution is 2.31. The van der Waals surface area contributed by atoms with E-state index in [1.165, 1.54) is 0 Å². The third-order valence-electron chi connectivity index (χ3n) is 8.10. The molecule has 3 atom stereocenters. The quantitative estimate of drug-likeness (QED) is 0.271. The molecule has 0 fully saturated rings. The zero-order valence-corrected chi connectivity index (χ0v) is 25.5. The monoisotopic (exact) mass is 597 g/mol. The molecule has 3 aromatic carbocycles. The molecule has 10 heteroatoms. The van der Waals surface area contributed by atoms with Gasteiger partial charge >= 0.3 is 6.03 Å². The Morgan fingerprint density at radius 3 is 2.52 bits per heavy atom. The number of nitrogens with one attached hydrogen (secondary N) is 2. The molecule has 0 saturated heterocycles. The molecule has 4 amide bonds. The normalized spacial score (nSPS) is 17.2. The highest BCUT2D eigenvalue weighted by molar-refractivity contribution is 6.01. The number of para-hydroxylation sites is 2. The van der Waals surface area contributed by atoms with Crippen LogP contribution in [0.5, 0.6) is 5.75 Å². The number of likely N-dealkylation sites (N-methyl/N-ethyl adjacent to an activating group) is 1.